The molecule has 0 saturated carbocycles. The predicted octanol–water partition coefficient (Wildman–Crippen LogP) is 1.29. The van der Waals surface area contributed by atoms with Gasteiger partial charge in [-0.1, -0.05) is 5.57 Å². The summed E-state index contributed by atoms with van der Waals surface area (Å²) in [5, 5.41) is 9.54. The van der Waals surface area contributed by atoms with Gasteiger partial charge < -0.3 is 5.11 Å². The Morgan fingerprint density at radius 1 is 1.36 bits per heavy atom. The molecule has 0 aliphatic heterocycles. The van der Waals surface area contributed by atoms with E-state index in [0.29, 0.717) is 0 Å². The van der Waals surface area contributed by atoms with Gasteiger partial charge in [0.05, 0.1) is 0 Å². The molecule has 0 amide bonds. The lowest BCUT2D eigenvalue weighted by Gasteiger charge is -2.21. The Kier molecular flexibility index (Phi) is 1.50. The van der Waals surface area contributed by atoms with E-state index in [2.05, 4.69) is 0 Å². The maximum atomic E-state index is 11.5. The lowest BCUT2D eigenvalue weighted by Crippen LogP contribution is -2.36. The molecule has 0 heterocycles. The van der Waals surface area contributed by atoms with Gasteiger partial charge in [-0.15, -0.1) is 0 Å². The number of hydrogen-bond acceptors (Lipinski definition) is 2. The number of carbonyl (C=O) groups excluding carboxylic acids is 1. The summed E-state index contributed by atoms with van der Waals surface area (Å²) in [6, 6.07) is 0. The predicted molar refractivity (Wildman–Crippen MR) is 43.2 cm³/mol. The summed E-state index contributed by atoms with van der Waals surface area (Å²) < 4.78 is 0. The second kappa shape index (κ2) is 1.95. The molecular formula is C9H14O2. The van der Waals surface area contributed by atoms with Gasteiger partial charge in [-0.25, -0.2) is 0 Å². The first-order valence-corrected chi connectivity index (χ1v) is 3.76. The van der Waals surface area contributed by atoms with Crippen molar-refractivity contribution in [1.29, 1.82) is 0 Å². The van der Waals surface area contributed by atoms with Gasteiger partial charge in [0.15, 0.2) is 5.78 Å². The quantitative estimate of drug-likeness (QED) is 0.534. The molecule has 1 aliphatic rings. The van der Waals surface area contributed by atoms with Crippen LogP contribution in [-0.2, 0) is 4.79 Å². The van der Waals surface area contributed by atoms with Crippen molar-refractivity contribution in [2.75, 3.05) is 0 Å². The summed E-state index contributed by atoms with van der Waals surface area (Å²) in [5.41, 5.74) is -0.774. The fourth-order valence-electron chi connectivity index (χ4n) is 1.48. The van der Waals surface area contributed by atoms with Crippen LogP contribution in [0.3, 0.4) is 0 Å². The molecule has 0 aromatic rings. The highest BCUT2D eigenvalue weighted by atomic mass is 16.3. The van der Waals surface area contributed by atoms with Gasteiger partial charge >= 0.3 is 0 Å². The third-order valence-electron chi connectivity index (χ3n) is 2.51. The summed E-state index contributed by atoms with van der Waals surface area (Å²) in [7, 11) is 0. The number of rotatable bonds is 0. The lowest BCUT2D eigenvalue weighted by atomic mass is 9.83. The standard InChI is InChI=1S/C9H14O2/c1-6-5-9(4,11)7(10)8(6,2)3/h5,11H,1-4H3. The highest BCUT2D eigenvalue weighted by Gasteiger charge is 2.46. The summed E-state index contributed by atoms with van der Waals surface area (Å²) in [6.45, 7) is 7.08. The first-order valence-electron chi connectivity index (χ1n) is 3.76. The largest absolute Gasteiger partial charge is 0.378 e. The van der Waals surface area contributed by atoms with Gasteiger partial charge in [0.1, 0.15) is 5.60 Å². The molecule has 0 aromatic heterocycles. The molecule has 0 aromatic carbocycles. The Hall–Kier alpha value is -0.630. The molecule has 1 aliphatic carbocycles. The number of Topliss-reactive ketones (excluding diaryl/α,β-unsaturated/α-hetero) is 1. The van der Waals surface area contributed by atoms with E-state index >= 15 is 0 Å². The molecule has 0 saturated heterocycles. The van der Waals surface area contributed by atoms with Crippen molar-refractivity contribution in [2.24, 2.45) is 5.41 Å². The third kappa shape index (κ3) is 1.02. The summed E-state index contributed by atoms with van der Waals surface area (Å²) in [5.74, 6) is -0.109. The van der Waals surface area contributed by atoms with E-state index in [-0.39, 0.29) is 5.78 Å². The number of allylic oxidation sites excluding steroid dienone is 1. The number of ketones is 1. The van der Waals surface area contributed by atoms with Gasteiger partial charge in [0.2, 0.25) is 0 Å². The SMILES string of the molecule is CC1=CC(C)(O)C(=O)C1(C)C. The smallest absolute Gasteiger partial charge is 0.177 e. The van der Waals surface area contributed by atoms with E-state index in [9.17, 15) is 9.90 Å². The Labute approximate surface area is 66.9 Å². The molecule has 2 heteroatoms. The molecule has 11 heavy (non-hydrogen) atoms. The van der Waals surface area contributed by atoms with Crippen LogP contribution >= 0.6 is 0 Å². The van der Waals surface area contributed by atoms with Crippen LogP contribution in [0.15, 0.2) is 11.6 Å². The zero-order valence-corrected chi connectivity index (χ0v) is 7.43. The minimum Gasteiger partial charge on any atom is -0.378 e. The van der Waals surface area contributed by atoms with Gasteiger partial charge in [0, 0.05) is 5.41 Å². The minimum atomic E-state index is -1.24. The van der Waals surface area contributed by atoms with Crippen LogP contribution in [0, 0.1) is 5.41 Å². The van der Waals surface area contributed by atoms with Crippen molar-refractivity contribution < 1.29 is 9.90 Å². The topological polar surface area (TPSA) is 37.3 Å². The zero-order chi connectivity index (χ0) is 8.86. The van der Waals surface area contributed by atoms with Crippen LogP contribution in [0.4, 0.5) is 0 Å². The maximum absolute atomic E-state index is 11.5. The molecule has 1 N–H and O–H groups in total. The van der Waals surface area contributed by atoms with Gasteiger partial charge in [-0.2, -0.15) is 0 Å². The van der Waals surface area contributed by atoms with Crippen LogP contribution in [0.1, 0.15) is 27.7 Å². The number of aliphatic hydroxyl groups is 1. The first kappa shape index (κ1) is 8.47. The van der Waals surface area contributed by atoms with Crippen LogP contribution in [0.5, 0.6) is 0 Å². The fourth-order valence-corrected chi connectivity index (χ4v) is 1.48. The second-order valence-electron chi connectivity index (χ2n) is 3.93. The van der Waals surface area contributed by atoms with Gasteiger partial charge in [-0.05, 0) is 33.8 Å². The maximum Gasteiger partial charge on any atom is 0.177 e. The Morgan fingerprint density at radius 3 is 1.91 bits per heavy atom. The molecule has 1 atom stereocenters. The molecule has 0 radical (unpaired) electrons. The minimum absolute atomic E-state index is 0.109. The molecule has 1 unspecified atom stereocenters. The first-order chi connectivity index (χ1) is 4.78. The van der Waals surface area contributed by atoms with Crippen molar-refractivity contribution in [3.05, 3.63) is 11.6 Å². The second-order valence-corrected chi connectivity index (χ2v) is 3.93. The van der Waals surface area contributed by atoms with Crippen LogP contribution in [0.25, 0.3) is 0 Å². The van der Waals surface area contributed by atoms with Crippen molar-refractivity contribution in [3.8, 4) is 0 Å². The molecule has 0 bridgehead atoms. The van der Waals surface area contributed by atoms with E-state index in [1.165, 1.54) is 6.92 Å². The van der Waals surface area contributed by atoms with E-state index in [0.717, 1.165) is 5.57 Å². The monoisotopic (exact) mass is 154 g/mol. The highest BCUT2D eigenvalue weighted by Crippen LogP contribution is 2.39. The van der Waals surface area contributed by atoms with Crippen LogP contribution in [0.2, 0.25) is 0 Å². The number of hydrogen-bond donors (Lipinski definition) is 1. The molecule has 62 valence electrons. The average Bonchev–Trinajstić information content (AvgIpc) is 1.94. The van der Waals surface area contributed by atoms with E-state index in [4.69, 9.17) is 0 Å². The lowest BCUT2D eigenvalue weighted by molar-refractivity contribution is -0.136. The molecule has 2 nitrogen and oxygen atoms in total. The molecule has 0 fully saturated rings. The Bertz CT molecular complexity index is 234. The zero-order valence-electron chi connectivity index (χ0n) is 7.43. The third-order valence-corrected chi connectivity index (χ3v) is 2.51. The van der Waals surface area contributed by atoms with Crippen molar-refractivity contribution >= 4 is 5.78 Å². The van der Waals surface area contributed by atoms with Crippen molar-refractivity contribution in [3.63, 3.8) is 0 Å². The van der Waals surface area contributed by atoms with E-state index < -0.39 is 11.0 Å². The van der Waals surface area contributed by atoms with E-state index in [1.54, 1.807) is 6.08 Å². The summed E-state index contributed by atoms with van der Waals surface area (Å²) in [4.78, 5) is 11.5. The fraction of sp³-hybridized carbons (Fsp3) is 0.667. The Morgan fingerprint density at radius 2 is 1.82 bits per heavy atom. The van der Waals surface area contributed by atoms with Crippen LogP contribution in [-0.4, -0.2) is 16.5 Å². The number of carbonyl (C=O) groups is 1. The van der Waals surface area contributed by atoms with Crippen molar-refractivity contribution in [2.45, 2.75) is 33.3 Å². The molecule has 1 rings (SSSR count). The van der Waals surface area contributed by atoms with E-state index in [1.807, 2.05) is 20.8 Å². The van der Waals surface area contributed by atoms with Gasteiger partial charge in [-0.3, -0.25) is 4.79 Å². The van der Waals surface area contributed by atoms with Gasteiger partial charge in [0.25, 0.3) is 0 Å². The summed E-state index contributed by atoms with van der Waals surface area (Å²) >= 11 is 0. The highest BCUT2D eigenvalue weighted by molar-refractivity contribution is 5.98. The normalized spacial score (nSPS) is 35.7. The van der Waals surface area contributed by atoms with Crippen LogP contribution < -0.4 is 0 Å². The molecular weight excluding hydrogens is 140 g/mol. The molecule has 0 spiro atoms. The summed E-state index contributed by atoms with van der Waals surface area (Å²) in [6.07, 6.45) is 1.63. The average molecular weight is 154 g/mol. The Balaban J connectivity index is 3.14. The van der Waals surface area contributed by atoms with Crippen molar-refractivity contribution in [1.82, 2.24) is 0 Å².